The van der Waals surface area contributed by atoms with E-state index in [4.69, 9.17) is 4.42 Å². The van der Waals surface area contributed by atoms with Crippen molar-refractivity contribution < 1.29 is 4.42 Å². The van der Waals surface area contributed by atoms with E-state index in [0.29, 0.717) is 11.5 Å². The van der Waals surface area contributed by atoms with Gasteiger partial charge in [0.2, 0.25) is 0 Å². The molecular formula is C26H18N4O3. The first-order valence-corrected chi connectivity index (χ1v) is 10.5. The molecule has 0 aliphatic carbocycles. The van der Waals surface area contributed by atoms with Gasteiger partial charge in [-0.1, -0.05) is 84.9 Å². The molecule has 1 N–H and O–H groups in total. The minimum absolute atomic E-state index is 0.248. The first kappa shape index (κ1) is 19.1. The molecule has 0 aliphatic heterocycles. The molecule has 0 atom stereocenters. The number of hydrogen-bond acceptors (Lipinski definition) is 4. The van der Waals surface area contributed by atoms with Gasteiger partial charge in [0.15, 0.2) is 16.9 Å². The van der Waals surface area contributed by atoms with Crippen molar-refractivity contribution in [2.75, 3.05) is 0 Å². The zero-order valence-corrected chi connectivity index (χ0v) is 17.6. The van der Waals surface area contributed by atoms with Crippen molar-refractivity contribution in [1.29, 1.82) is 0 Å². The highest BCUT2D eigenvalue weighted by Gasteiger charge is 2.24. The Morgan fingerprint density at radius 3 is 2.00 bits per heavy atom. The summed E-state index contributed by atoms with van der Waals surface area (Å²) in [5.74, 6) is 0.844. The van der Waals surface area contributed by atoms with Crippen LogP contribution in [0.15, 0.2) is 98.9 Å². The lowest BCUT2D eigenvalue weighted by atomic mass is 10.0. The van der Waals surface area contributed by atoms with E-state index in [9.17, 15) is 9.59 Å². The number of aromatic amines is 1. The van der Waals surface area contributed by atoms with Crippen LogP contribution in [0.4, 0.5) is 0 Å². The molecule has 0 amide bonds. The lowest BCUT2D eigenvalue weighted by Gasteiger charge is -2.06. The molecule has 0 spiro atoms. The number of H-pyrrole nitrogens is 1. The van der Waals surface area contributed by atoms with Crippen LogP contribution in [0.2, 0.25) is 0 Å². The Labute approximate surface area is 187 Å². The smallest absolute Gasteiger partial charge is 0.329 e. The summed E-state index contributed by atoms with van der Waals surface area (Å²) in [4.78, 5) is 31.7. The Hall–Kier alpha value is -4.65. The third-order valence-electron chi connectivity index (χ3n) is 5.82. The molecule has 6 aromatic rings. The van der Waals surface area contributed by atoms with E-state index in [1.54, 1.807) is 11.4 Å². The number of nitrogens with one attached hydrogen (secondary N) is 1. The van der Waals surface area contributed by atoms with E-state index in [1.807, 2.05) is 72.8 Å². The molecule has 0 fully saturated rings. The zero-order chi connectivity index (χ0) is 22.5. The topological polar surface area (TPSA) is 85.3 Å². The van der Waals surface area contributed by atoms with Crippen molar-refractivity contribution in [3.8, 4) is 33.7 Å². The summed E-state index contributed by atoms with van der Waals surface area (Å²) < 4.78 is 9.20. The second-order valence-electron chi connectivity index (χ2n) is 7.81. The summed E-state index contributed by atoms with van der Waals surface area (Å²) in [5.41, 5.74) is 4.14. The van der Waals surface area contributed by atoms with Gasteiger partial charge >= 0.3 is 11.5 Å². The number of aryl methyl sites for hydroxylation is 1. The summed E-state index contributed by atoms with van der Waals surface area (Å²) in [6.07, 6.45) is 0. The number of rotatable bonds is 3. The van der Waals surface area contributed by atoms with Gasteiger partial charge in [-0.3, -0.25) is 18.7 Å². The van der Waals surface area contributed by atoms with Gasteiger partial charge in [-0.15, -0.1) is 0 Å². The monoisotopic (exact) mass is 434 g/mol. The number of fused-ring (bicyclic) bond motifs is 3. The Bertz CT molecular complexity index is 1740. The zero-order valence-electron chi connectivity index (χ0n) is 17.6. The van der Waals surface area contributed by atoms with Gasteiger partial charge in [-0.2, -0.15) is 4.98 Å². The maximum Gasteiger partial charge on any atom is 0.329 e. The van der Waals surface area contributed by atoms with Crippen molar-refractivity contribution in [3.63, 3.8) is 0 Å². The van der Waals surface area contributed by atoms with Crippen molar-refractivity contribution in [2.45, 2.75) is 0 Å². The van der Waals surface area contributed by atoms with Gasteiger partial charge in [0.05, 0.1) is 0 Å². The molecule has 0 unspecified atom stereocenters. The van der Waals surface area contributed by atoms with Crippen LogP contribution >= 0.6 is 0 Å². The number of hydrogen-bond donors (Lipinski definition) is 1. The maximum absolute atomic E-state index is 12.8. The highest BCUT2D eigenvalue weighted by molar-refractivity contribution is 5.86. The number of nitrogens with zero attached hydrogens (tertiary/aromatic N) is 3. The lowest BCUT2D eigenvalue weighted by Crippen LogP contribution is -2.28. The lowest BCUT2D eigenvalue weighted by molar-refractivity contribution is 0.611. The summed E-state index contributed by atoms with van der Waals surface area (Å²) in [6, 6.07) is 27.9. The van der Waals surface area contributed by atoms with Crippen LogP contribution in [0.1, 0.15) is 0 Å². The van der Waals surface area contributed by atoms with Gasteiger partial charge in [-0.25, -0.2) is 4.79 Å². The molecule has 6 rings (SSSR count). The van der Waals surface area contributed by atoms with Crippen LogP contribution in [0, 0.1) is 0 Å². The van der Waals surface area contributed by atoms with E-state index < -0.39 is 11.2 Å². The first-order valence-electron chi connectivity index (χ1n) is 10.5. The Morgan fingerprint density at radius 2 is 1.33 bits per heavy atom. The van der Waals surface area contributed by atoms with Crippen LogP contribution < -0.4 is 11.2 Å². The molecular weight excluding hydrogens is 416 g/mol. The SMILES string of the molecule is Cn1c(=O)[nH]c(=O)c2c1nc1oc(-c3ccc(-c4ccccc4)cc3)c(-c3ccccc3)n12. The van der Waals surface area contributed by atoms with Crippen LogP contribution in [0.3, 0.4) is 0 Å². The molecule has 0 bridgehead atoms. The fraction of sp³-hybridized carbons (Fsp3) is 0.0385. The van der Waals surface area contributed by atoms with Gasteiger partial charge in [0.1, 0.15) is 5.69 Å². The van der Waals surface area contributed by atoms with E-state index in [1.165, 1.54) is 4.57 Å². The molecule has 0 aliphatic rings. The van der Waals surface area contributed by atoms with Crippen molar-refractivity contribution in [2.24, 2.45) is 7.05 Å². The maximum atomic E-state index is 12.8. The molecule has 33 heavy (non-hydrogen) atoms. The second-order valence-corrected chi connectivity index (χ2v) is 7.81. The minimum Gasteiger partial charge on any atom is -0.422 e. The van der Waals surface area contributed by atoms with E-state index in [2.05, 4.69) is 22.1 Å². The van der Waals surface area contributed by atoms with Crippen molar-refractivity contribution >= 4 is 17.0 Å². The van der Waals surface area contributed by atoms with Gasteiger partial charge < -0.3 is 4.42 Å². The predicted octanol–water partition coefficient (Wildman–Crippen LogP) is 4.47. The molecule has 0 radical (unpaired) electrons. The average Bonchev–Trinajstić information content (AvgIpc) is 3.40. The Balaban J connectivity index is 1.64. The first-order chi connectivity index (χ1) is 16.1. The molecule has 160 valence electrons. The van der Waals surface area contributed by atoms with Crippen LogP contribution in [0.25, 0.3) is 50.7 Å². The van der Waals surface area contributed by atoms with Crippen molar-refractivity contribution in [3.05, 3.63) is 106 Å². The normalized spacial score (nSPS) is 11.4. The quantitative estimate of drug-likeness (QED) is 0.445. The van der Waals surface area contributed by atoms with Crippen LogP contribution in [0.5, 0.6) is 0 Å². The van der Waals surface area contributed by atoms with Gasteiger partial charge in [0.25, 0.3) is 5.56 Å². The number of imidazole rings is 1. The van der Waals surface area contributed by atoms with Crippen LogP contribution in [-0.4, -0.2) is 18.9 Å². The predicted molar refractivity (Wildman–Crippen MR) is 127 cm³/mol. The molecule has 0 saturated carbocycles. The number of oxazole rings is 1. The summed E-state index contributed by atoms with van der Waals surface area (Å²) >= 11 is 0. The van der Waals surface area contributed by atoms with Crippen LogP contribution in [-0.2, 0) is 7.05 Å². The van der Waals surface area contributed by atoms with Gasteiger partial charge in [0, 0.05) is 18.2 Å². The molecule has 0 saturated heterocycles. The Kier molecular flexibility index (Phi) is 4.16. The summed E-state index contributed by atoms with van der Waals surface area (Å²) in [7, 11) is 1.57. The van der Waals surface area contributed by atoms with E-state index in [0.717, 1.165) is 22.3 Å². The van der Waals surface area contributed by atoms with Gasteiger partial charge in [-0.05, 0) is 11.1 Å². The number of aromatic nitrogens is 4. The molecule has 3 heterocycles. The molecule has 3 aromatic heterocycles. The highest BCUT2D eigenvalue weighted by Crippen LogP contribution is 2.37. The third-order valence-corrected chi connectivity index (χ3v) is 5.82. The highest BCUT2D eigenvalue weighted by atomic mass is 16.4. The fourth-order valence-electron chi connectivity index (χ4n) is 4.18. The standard InChI is InChI=1S/C26H18N4O3/c1-29-23-21(24(31)28-25(29)32)30-20(18-10-6-3-7-11-18)22(33-26(30)27-23)19-14-12-17(13-15-19)16-8-4-2-5-9-16/h2-15H,1H3,(H,28,31,32). The number of benzene rings is 3. The van der Waals surface area contributed by atoms with E-state index in [-0.39, 0.29) is 17.0 Å². The summed E-state index contributed by atoms with van der Waals surface area (Å²) in [6.45, 7) is 0. The minimum atomic E-state index is -0.522. The molecule has 7 heteroatoms. The largest absolute Gasteiger partial charge is 0.422 e. The van der Waals surface area contributed by atoms with Crippen molar-refractivity contribution in [1.82, 2.24) is 18.9 Å². The Morgan fingerprint density at radius 1 is 0.758 bits per heavy atom. The third kappa shape index (κ3) is 2.94. The fourth-order valence-corrected chi connectivity index (χ4v) is 4.18. The molecule has 7 nitrogen and oxygen atoms in total. The summed E-state index contributed by atoms with van der Waals surface area (Å²) in [5, 5.41) is 0. The second kappa shape index (κ2) is 7.20. The van der Waals surface area contributed by atoms with E-state index >= 15 is 0 Å². The molecule has 3 aromatic carbocycles. The average molecular weight is 434 g/mol.